The molecule has 0 radical (unpaired) electrons. The van der Waals surface area contributed by atoms with Gasteiger partial charge in [-0.25, -0.2) is 0 Å². The highest BCUT2D eigenvalue weighted by Gasteiger charge is 2.51. The lowest BCUT2D eigenvalue weighted by Gasteiger charge is -2.52. The highest BCUT2D eigenvalue weighted by molar-refractivity contribution is 8.20. The van der Waals surface area contributed by atoms with Gasteiger partial charge in [0.05, 0.1) is 20.0 Å². The van der Waals surface area contributed by atoms with Gasteiger partial charge in [0.1, 0.15) is 0 Å². The number of carboxylic acids is 2. The highest BCUT2D eigenvalue weighted by Crippen LogP contribution is 2.62. The van der Waals surface area contributed by atoms with Crippen molar-refractivity contribution >= 4 is 59.0 Å². The Labute approximate surface area is 178 Å². The van der Waals surface area contributed by atoms with Crippen molar-refractivity contribution in [1.82, 2.24) is 0 Å². The maximum absolute atomic E-state index is 11.2. The SMILES string of the molecule is O=C(O)C1CCC2(CC1)SCC1(CS2)CSC2(CCC(C(=O)O)CC2)SC1. The molecule has 0 aromatic heterocycles. The molecule has 8 heteroatoms. The summed E-state index contributed by atoms with van der Waals surface area (Å²) in [4.78, 5) is 22.4. The van der Waals surface area contributed by atoms with Crippen LogP contribution in [-0.4, -0.2) is 53.3 Å². The molecule has 2 aliphatic carbocycles. The van der Waals surface area contributed by atoms with Crippen LogP contribution in [0.4, 0.5) is 0 Å². The fraction of sp³-hybridized carbons (Fsp3) is 0.895. The van der Waals surface area contributed by atoms with Gasteiger partial charge in [0.2, 0.25) is 0 Å². The average Bonchev–Trinajstić information content (AvgIpc) is 2.68. The standard InChI is InChI=1S/C19H28O4S4/c20-15(21)13-1-5-18(6-2-13)24-9-17(10-25-18)11-26-19(27-12-17)7-3-14(4-8-19)16(22)23/h13-14H,1-12H2,(H,20,21)(H,22,23). The Morgan fingerprint density at radius 2 is 0.926 bits per heavy atom. The topological polar surface area (TPSA) is 74.6 Å². The third-order valence-electron chi connectivity index (χ3n) is 6.76. The zero-order valence-electron chi connectivity index (χ0n) is 15.5. The minimum absolute atomic E-state index is 0.130. The van der Waals surface area contributed by atoms with Crippen LogP contribution in [0.1, 0.15) is 51.4 Å². The van der Waals surface area contributed by atoms with Crippen LogP contribution in [0.3, 0.4) is 0 Å². The van der Waals surface area contributed by atoms with Crippen LogP contribution in [0.2, 0.25) is 0 Å². The minimum atomic E-state index is -0.616. The predicted octanol–water partition coefficient (Wildman–Crippen LogP) is 4.88. The third-order valence-corrected chi connectivity index (χ3v) is 14.9. The summed E-state index contributed by atoms with van der Waals surface area (Å²) in [6.07, 6.45) is 7.48. The minimum Gasteiger partial charge on any atom is -0.481 e. The zero-order chi connectivity index (χ0) is 19.1. The van der Waals surface area contributed by atoms with Gasteiger partial charge in [-0.05, 0) is 51.4 Å². The summed E-state index contributed by atoms with van der Waals surface area (Å²) >= 11 is 8.44. The fourth-order valence-corrected chi connectivity index (χ4v) is 12.4. The Bertz CT molecular complexity index is 519. The Morgan fingerprint density at radius 1 is 0.630 bits per heavy atom. The van der Waals surface area contributed by atoms with E-state index in [2.05, 4.69) is 47.0 Å². The molecule has 152 valence electrons. The van der Waals surface area contributed by atoms with Gasteiger partial charge in [-0.2, -0.15) is 0 Å². The summed E-state index contributed by atoms with van der Waals surface area (Å²) in [6.45, 7) is 0. The molecular weight excluding hydrogens is 420 g/mol. The number of carboxylic acid groups (broad SMARTS) is 2. The van der Waals surface area contributed by atoms with E-state index >= 15 is 0 Å². The quantitative estimate of drug-likeness (QED) is 0.619. The molecule has 0 unspecified atom stereocenters. The Kier molecular flexibility index (Phi) is 6.01. The van der Waals surface area contributed by atoms with Crippen LogP contribution in [0, 0.1) is 17.3 Å². The Hall–Kier alpha value is 0.340. The molecule has 2 N–H and O–H groups in total. The summed E-state index contributed by atoms with van der Waals surface area (Å²) in [5.41, 5.74) is 0.397. The van der Waals surface area contributed by atoms with Crippen molar-refractivity contribution in [3.05, 3.63) is 0 Å². The summed E-state index contributed by atoms with van der Waals surface area (Å²) in [7, 11) is 0. The van der Waals surface area contributed by atoms with E-state index in [1.165, 1.54) is 23.0 Å². The molecule has 2 saturated carbocycles. The summed E-state index contributed by atoms with van der Waals surface area (Å²) in [6, 6.07) is 0. The van der Waals surface area contributed by atoms with Crippen molar-refractivity contribution < 1.29 is 19.8 Å². The van der Waals surface area contributed by atoms with E-state index in [1.54, 1.807) is 0 Å². The molecule has 2 saturated heterocycles. The van der Waals surface area contributed by atoms with E-state index in [0.717, 1.165) is 51.4 Å². The van der Waals surface area contributed by atoms with E-state index in [-0.39, 0.29) is 20.0 Å². The van der Waals surface area contributed by atoms with Crippen molar-refractivity contribution in [3.8, 4) is 0 Å². The van der Waals surface area contributed by atoms with Crippen molar-refractivity contribution in [2.45, 2.75) is 59.5 Å². The second-order valence-electron chi connectivity index (χ2n) is 8.70. The van der Waals surface area contributed by atoms with E-state index in [0.29, 0.717) is 5.41 Å². The Morgan fingerprint density at radius 3 is 1.19 bits per heavy atom. The van der Waals surface area contributed by atoms with E-state index in [4.69, 9.17) is 0 Å². The highest BCUT2D eigenvalue weighted by atomic mass is 32.2. The molecule has 27 heavy (non-hydrogen) atoms. The largest absolute Gasteiger partial charge is 0.481 e. The van der Waals surface area contributed by atoms with Gasteiger partial charge in [0.15, 0.2) is 0 Å². The zero-order valence-corrected chi connectivity index (χ0v) is 18.7. The van der Waals surface area contributed by atoms with Gasteiger partial charge in [-0.15, -0.1) is 47.0 Å². The normalized spacial score (nSPS) is 45.2. The van der Waals surface area contributed by atoms with Crippen molar-refractivity contribution in [2.75, 3.05) is 23.0 Å². The molecule has 3 spiro atoms. The second-order valence-corrected chi connectivity index (χ2v) is 14.7. The van der Waals surface area contributed by atoms with Gasteiger partial charge in [0, 0.05) is 28.4 Å². The number of rotatable bonds is 2. The monoisotopic (exact) mass is 448 g/mol. The molecule has 4 aliphatic rings. The first-order valence-corrected chi connectivity index (χ1v) is 13.8. The first-order chi connectivity index (χ1) is 12.9. The van der Waals surface area contributed by atoms with Crippen LogP contribution in [0.15, 0.2) is 0 Å². The lowest BCUT2D eigenvalue weighted by atomic mass is 9.88. The van der Waals surface area contributed by atoms with Crippen LogP contribution in [0.25, 0.3) is 0 Å². The number of aliphatic carboxylic acids is 2. The van der Waals surface area contributed by atoms with E-state index < -0.39 is 11.9 Å². The molecule has 0 atom stereocenters. The predicted molar refractivity (Wildman–Crippen MR) is 117 cm³/mol. The molecule has 0 amide bonds. The van der Waals surface area contributed by atoms with Crippen molar-refractivity contribution in [2.24, 2.45) is 17.3 Å². The number of hydrogen-bond donors (Lipinski definition) is 2. The second kappa shape index (κ2) is 7.88. The maximum Gasteiger partial charge on any atom is 0.306 e. The average molecular weight is 449 g/mol. The van der Waals surface area contributed by atoms with Crippen LogP contribution < -0.4 is 0 Å². The summed E-state index contributed by atoms with van der Waals surface area (Å²) in [5, 5.41) is 18.5. The van der Waals surface area contributed by atoms with Crippen molar-refractivity contribution in [3.63, 3.8) is 0 Å². The lowest BCUT2D eigenvalue weighted by molar-refractivity contribution is -0.143. The van der Waals surface area contributed by atoms with E-state index in [9.17, 15) is 19.8 Å². The summed E-state index contributed by atoms with van der Waals surface area (Å²) in [5.74, 6) is 3.31. The number of thioether (sulfide) groups is 4. The first-order valence-electron chi connectivity index (χ1n) is 9.87. The molecule has 0 aromatic rings. The molecule has 2 heterocycles. The molecule has 0 aromatic carbocycles. The number of carbonyl (C=O) groups is 2. The van der Waals surface area contributed by atoms with Crippen LogP contribution >= 0.6 is 47.0 Å². The molecule has 4 fully saturated rings. The fourth-order valence-electron chi connectivity index (χ4n) is 4.66. The molecule has 2 aliphatic heterocycles. The molecule has 4 nitrogen and oxygen atoms in total. The maximum atomic E-state index is 11.2. The summed E-state index contributed by atoms with van der Waals surface area (Å²) < 4.78 is 0.530. The van der Waals surface area contributed by atoms with E-state index in [1.807, 2.05) is 0 Å². The van der Waals surface area contributed by atoms with Gasteiger partial charge >= 0.3 is 11.9 Å². The number of hydrogen-bond acceptors (Lipinski definition) is 6. The Balaban J connectivity index is 1.28. The first kappa shape index (κ1) is 20.6. The van der Waals surface area contributed by atoms with Crippen molar-refractivity contribution in [1.29, 1.82) is 0 Å². The lowest BCUT2D eigenvalue weighted by Crippen LogP contribution is -2.47. The smallest absolute Gasteiger partial charge is 0.306 e. The van der Waals surface area contributed by atoms with Crippen LogP contribution in [-0.2, 0) is 9.59 Å². The van der Waals surface area contributed by atoms with Gasteiger partial charge in [0.25, 0.3) is 0 Å². The van der Waals surface area contributed by atoms with Gasteiger partial charge in [-0.3, -0.25) is 9.59 Å². The van der Waals surface area contributed by atoms with Gasteiger partial charge < -0.3 is 10.2 Å². The molecule has 0 bridgehead atoms. The molecule has 4 rings (SSSR count). The van der Waals surface area contributed by atoms with Gasteiger partial charge in [-0.1, -0.05) is 0 Å². The molecular formula is C19H28O4S4. The van der Waals surface area contributed by atoms with Crippen LogP contribution in [0.5, 0.6) is 0 Å². The third kappa shape index (κ3) is 4.29.